The SMILES string of the molecule is COc1cc(CCC(=O)C[C@H](O)C[C@H](CCc2ccccc2)c2cc(O)c(O)c(OC)c2)ccc1O. The fraction of sp³-hybridized carbons (Fsp3) is 0.345. The number of methoxy groups -OCH3 is 2. The number of carbonyl (C=O) groups excluding carboxylic acids is 1. The van der Waals surface area contributed by atoms with Crippen molar-refractivity contribution in [3.05, 3.63) is 77.4 Å². The summed E-state index contributed by atoms with van der Waals surface area (Å²) in [7, 11) is 2.88. The largest absolute Gasteiger partial charge is 0.504 e. The summed E-state index contributed by atoms with van der Waals surface area (Å²) < 4.78 is 10.3. The van der Waals surface area contributed by atoms with E-state index in [-0.39, 0.29) is 47.5 Å². The van der Waals surface area contributed by atoms with E-state index in [4.69, 9.17) is 9.47 Å². The smallest absolute Gasteiger partial charge is 0.200 e. The van der Waals surface area contributed by atoms with Gasteiger partial charge in [-0.1, -0.05) is 36.4 Å². The highest BCUT2D eigenvalue weighted by molar-refractivity contribution is 5.79. The van der Waals surface area contributed by atoms with E-state index >= 15 is 0 Å². The summed E-state index contributed by atoms with van der Waals surface area (Å²) in [6.07, 6.45) is 1.62. The molecule has 0 saturated carbocycles. The van der Waals surface area contributed by atoms with E-state index in [9.17, 15) is 25.2 Å². The number of ketones is 1. The van der Waals surface area contributed by atoms with Crippen LogP contribution in [0.15, 0.2) is 60.7 Å². The van der Waals surface area contributed by atoms with E-state index in [1.165, 1.54) is 26.4 Å². The van der Waals surface area contributed by atoms with Crippen LogP contribution < -0.4 is 9.47 Å². The van der Waals surface area contributed by atoms with Crippen molar-refractivity contribution in [2.24, 2.45) is 0 Å². The van der Waals surface area contributed by atoms with Crippen molar-refractivity contribution >= 4 is 5.78 Å². The van der Waals surface area contributed by atoms with Gasteiger partial charge in [-0.2, -0.15) is 0 Å². The molecular formula is C29H34O7. The lowest BCUT2D eigenvalue weighted by Crippen LogP contribution is -2.18. The standard InChI is InChI=1S/C29H34O7/c1-35-27-14-20(10-13-25(27)32)9-12-23(30)18-24(31)15-21(11-8-19-6-4-3-5-7-19)22-16-26(33)29(34)28(17-22)36-2/h3-7,10,13-14,16-17,21,24,31-34H,8-9,11-12,15,18H2,1-2H3/t21-,24+/m0/s1. The number of aliphatic hydroxyl groups excluding tert-OH is 1. The monoisotopic (exact) mass is 494 g/mol. The molecule has 0 heterocycles. The molecule has 7 nitrogen and oxygen atoms in total. The molecule has 4 N–H and O–H groups in total. The first-order chi connectivity index (χ1) is 17.3. The van der Waals surface area contributed by atoms with Crippen LogP contribution >= 0.6 is 0 Å². The van der Waals surface area contributed by atoms with Crippen LogP contribution in [-0.4, -0.2) is 46.5 Å². The van der Waals surface area contributed by atoms with Crippen LogP contribution in [0.25, 0.3) is 0 Å². The molecule has 0 saturated heterocycles. The molecule has 3 aromatic carbocycles. The summed E-state index contributed by atoms with van der Waals surface area (Å²) in [6, 6.07) is 18.1. The molecule has 3 aromatic rings. The van der Waals surface area contributed by atoms with Crippen LogP contribution in [0, 0.1) is 0 Å². The number of hydrogen-bond acceptors (Lipinski definition) is 7. The van der Waals surface area contributed by atoms with Crippen LogP contribution in [0.3, 0.4) is 0 Å². The molecule has 0 aliphatic carbocycles. The van der Waals surface area contributed by atoms with Crippen LogP contribution in [0.4, 0.5) is 0 Å². The fourth-order valence-corrected chi connectivity index (χ4v) is 4.35. The van der Waals surface area contributed by atoms with E-state index in [1.807, 2.05) is 30.3 Å². The number of benzene rings is 3. The Hall–Kier alpha value is -3.71. The normalized spacial score (nSPS) is 12.6. The molecule has 0 spiro atoms. The van der Waals surface area contributed by atoms with Gasteiger partial charge in [-0.05, 0) is 72.6 Å². The van der Waals surface area contributed by atoms with Gasteiger partial charge in [-0.25, -0.2) is 0 Å². The van der Waals surface area contributed by atoms with Crippen molar-refractivity contribution in [3.8, 4) is 28.7 Å². The molecule has 3 rings (SSSR count). The summed E-state index contributed by atoms with van der Waals surface area (Å²) in [5, 5.41) is 40.7. The topological polar surface area (TPSA) is 116 Å². The summed E-state index contributed by atoms with van der Waals surface area (Å²) in [6.45, 7) is 0. The summed E-state index contributed by atoms with van der Waals surface area (Å²) in [4.78, 5) is 12.6. The molecule has 0 aliphatic rings. The maximum absolute atomic E-state index is 12.6. The van der Waals surface area contributed by atoms with E-state index in [0.29, 0.717) is 25.0 Å². The Morgan fingerprint density at radius 2 is 1.56 bits per heavy atom. The first-order valence-corrected chi connectivity index (χ1v) is 12.0. The molecule has 36 heavy (non-hydrogen) atoms. The number of phenols is 3. The van der Waals surface area contributed by atoms with Gasteiger partial charge >= 0.3 is 0 Å². The number of carbonyl (C=O) groups is 1. The molecule has 0 fully saturated rings. The van der Waals surface area contributed by atoms with Crippen molar-refractivity contribution in [3.63, 3.8) is 0 Å². The van der Waals surface area contributed by atoms with Crippen molar-refractivity contribution < 1.29 is 34.7 Å². The zero-order chi connectivity index (χ0) is 26.1. The molecular weight excluding hydrogens is 460 g/mol. The average Bonchev–Trinajstić information content (AvgIpc) is 2.88. The summed E-state index contributed by atoms with van der Waals surface area (Å²) in [5.74, 6) is -0.300. The molecule has 0 aromatic heterocycles. The molecule has 0 radical (unpaired) electrons. The van der Waals surface area contributed by atoms with Gasteiger partial charge in [-0.3, -0.25) is 4.79 Å². The highest BCUT2D eigenvalue weighted by Crippen LogP contribution is 2.40. The molecule has 7 heteroatoms. The number of aromatic hydroxyl groups is 3. The Morgan fingerprint density at radius 3 is 2.25 bits per heavy atom. The second-order valence-electron chi connectivity index (χ2n) is 8.95. The maximum atomic E-state index is 12.6. The first kappa shape index (κ1) is 26.9. The van der Waals surface area contributed by atoms with E-state index < -0.39 is 6.10 Å². The van der Waals surface area contributed by atoms with Gasteiger partial charge in [0, 0.05) is 12.8 Å². The third kappa shape index (κ3) is 7.39. The van der Waals surface area contributed by atoms with E-state index in [1.54, 1.807) is 18.2 Å². The number of hydrogen-bond donors (Lipinski definition) is 4. The minimum absolute atomic E-state index is 0.0122. The zero-order valence-electron chi connectivity index (χ0n) is 20.7. The van der Waals surface area contributed by atoms with Crippen molar-refractivity contribution in [2.75, 3.05) is 14.2 Å². The first-order valence-electron chi connectivity index (χ1n) is 12.0. The number of aliphatic hydroxyl groups is 1. The average molecular weight is 495 g/mol. The minimum atomic E-state index is -0.866. The number of ether oxygens (including phenoxy) is 2. The zero-order valence-corrected chi connectivity index (χ0v) is 20.7. The van der Waals surface area contributed by atoms with Gasteiger partial charge in [0.2, 0.25) is 5.75 Å². The van der Waals surface area contributed by atoms with Crippen molar-refractivity contribution in [2.45, 2.75) is 50.5 Å². The van der Waals surface area contributed by atoms with Gasteiger partial charge in [0.15, 0.2) is 23.0 Å². The minimum Gasteiger partial charge on any atom is -0.504 e. The highest BCUT2D eigenvalue weighted by atomic mass is 16.5. The Morgan fingerprint density at radius 1 is 0.833 bits per heavy atom. The third-order valence-corrected chi connectivity index (χ3v) is 6.35. The maximum Gasteiger partial charge on any atom is 0.200 e. The third-order valence-electron chi connectivity index (χ3n) is 6.35. The Balaban J connectivity index is 1.66. The molecule has 0 amide bonds. The van der Waals surface area contributed by atoms with Gasteiger partial charge in [0.05, 0.1) is 20.3 Å². The van der Waals surface area contributed by atoms with E-state index in [0.717, 1.165) is 23.1 Å². The molecule has 0 bridgehead atoms. The lowest BCUT2D eigenvalue weighted by Gasteiger charge is -2.22. The van der Waals surface area contributed by atoms with Gasteiger partial charge < -0.3 is 29.9 Å². The molecule has 2 atom stereocenters. The Bertz CT molecular complexity index is 1140. The van der Waals surface area contributed by atoms with E-state index in [2.05, 4.69) is 0 Å². The predicted octanol–water partition coefficient (Wildman–Crippen LogP) is 4.88. The van der Waals surface area contributed by atoms with Gasteiger partial charge in [-0.15, -0.1) is 0 Å². The predicted molar refractivity (Wildman–Crippen MR) is 137 cm³/mol. The molecule has 0 aliphatic heterocycles. The highest BCUT2D eigenvalue weighted by Gasteiger charge is 2.22. The Kier molecular flexibility index (Phi) is 9.59. The molecule has 0 unspecified atom stereocenters. The second kappa shape index (κ2) is 12.8. The Labute approximate surface area is 211 Å². The van der Waals surface area contributed by atoms with Gasteiger partial charge in [0.1, 0.15) is 5.78 Å². The van der Waals surface area contributed by atoms with Crippen molar-refractivity contribution in [1.29, 1.82) is 0 Å². The fourth-order valence-electron chi connectivity index (χ4n) is 4.35. The number of phenolic OH excluding ortho intramolecular Hbond substituents is 3. The van der Waals surface area contributed by atoms with Crippen molar-refractivity contribution in [1.82, 2.24) is 0 Å². The summed E-state index contributed by atoms with van der Waals surface area (Å²) >= 11 is 0. The lowest BCUT2D eigenvalue weighted by atomic mass is 9.86. The lowest BCUT2D eigenvalue weighted by molar-refractivity contribution is -0.121. The number of rotatable bonds is 13. The second-order valence-corrected chi connectivity index (χ2v) is 8.95. The number of aryl methyl sites for hydroxylation is 2. The quantitative estimate of drug-likeness (QED) is 0.250. The number of Topliss-reactive ketones (excluding diaryl/α,β-unsaturated/α-hetero) is 1. The van der Waals surface area contributed by atoms with Gasteiger partial charge in [0.25, 0.3) is 0 Å². The van der Waals surface area contributed by atoms with Crippen LogP contribution in [-0.2, 0) is 17.6 Å². The molecule has 192 valence electrons. The summed E-state index contributed by atoms with van der Waals surface area (Å²) in [5.41, 5.74) is 2.73. The van der Waals surface area contributed by atoms with Crippen LogP contribution in [0.2, 0.25) is 0 Å². The van der Waals surface area contributed by atoms with Crippen LogP contribution in [0.1, 0.15) is 48.3 Å². The van der Waals surface area contributed by atoms with Crippen LogP contribution in [0.5, 0.6) is 28.7 Å².